The van der Waals surface area contributed by atoms with Crippen molar-refractivity contribution in [1.82, 2.24) is 10.3 Å². The van der Waals surface area contributed by atoms with E-state index in [9.17, 15) is 18.0 Å². The smallest absolute Gasteiger partial charge is 0.416 e. The van der Waals surface area contributed by atoms with E-state index in [1.165, 1.54) is 12.1 Å². The highest BCUT2D eigenvalue weighted by Gasteiger charge is 2.30. The van der Waals surface area contributed by atoms with Gasteiger partial charge in [0.2, 0.25) is 5.91 Å². The van der Waals surface area contributed by atoms with E-state index in [4.69, 9.17) is 4.74 Å². The molecule has 2 aromatic carbocycles. The molecule has 1 heterocycles. The summed E-state index contributed by atoms with van der Waals surface area (Å²) in [5.74, 6) is 0.287. The number of rotatable bonds is 7. The van der Waals surface area contributed by atoms with E-state index >= 15 is 0 Å². The van der Waals surface area contributed by atoms with E-state index in [0.717, 1.165) is 28.4 Å². The van der Waals surface area contributed by atoms with E-state index in [2.05, 4.69) is 10.3 Å². The fourth-order valence-electron chi connectivity index (χ4n) is 2.81. The number of amides is 1. The van der Waals surface area contributed by atoms with Crippen LogP contribution < -0.4 is 10.1 Å². The standard InChI is InChI=1S/C23H21F3N2O2S/c1-15(18-4-3-5-19(12-18)23(24,25)26)27-22(29)11-8-17-6-9-21(10-7-17)30-13-20-14-31-16(2)28-20/h3-12,14-15H,13H2,1-2H3,(H,27,29)/b11-8+. The first-order valence-corrected chi connectivity index (χ1v) is 10.4. The normalized spacial score (nSPS) is 12.7. The maximum absolute atomic E-state index is 12.9. The highest BCUT2D eigenvalue weighted by atomic mass is 32.1. The molecule has 1 amide bonds. The van der Waals surface area contributed by atoms with Crippen LogP contribution in [0.3, 0.4) is 0 Å². The summed E-state index contributed by atoms with van der Waals surface area (Å²) in [6.45, 7) is 3.96. The Labute approximate surface area is 182 Å². The molecule has 1 aromatic heterocycles. The molecule has 0 bridgehead atoms. The van der Waals surface area contributed by atoms with Crippen molar-refractivity contribution in [3.8, 4) is 5.75 Å². The largest absolute Gasteiger partial charge is 0.487 e. The van der Waals surface area contributed by atoms with E-state index < -0.39 is 23.7 Å². The molecule has 8 heteroatoms. The Morgan fingerprint density at radius 1 is 1.23 bits per heavy atom. The number of aromatic nitrogens is 1. The van der Waals surface area contributed by atoms with Gasteiger partial charge in [-0.25, -0.2) is 4.98 Å². The van der Waals surface area contributed by atoms with Crippen LogP contribution in [0, 0.1) is 6.92 Å². The number of hydrogen-bond donors (Lipinski definition) is 1. The van der Waals surface area contributed by atoms with Crippen molar-refractivity contribution in [2.24, 2.45) is 0 Å². The van der Waals surface area contributed by atoms with Gasteiger partial charge in [0.25, 0.3) is 0 Å². The summed E-state index contributed by atoms with van der Waals surface area (Å²) in [5, 5.41) is 5.61. The molecule has 3 aromatic rings. The van der Waals surface area contributed by atoms with Crippen molar-refractivity contribution < 1.29 is 22.7 Å². The van der Waals surface area contributed by atoms with Gasteiger partial charge in [0.05, 0.1) is 22.3 Å². The molecule has 0 spiro atoms. The summed E-state index contributed by atoms with van der Waals surface area (Å²) in [6, 6.07) is 11.6. The van der Waals surface area contributed by atoms with Crippen molar-refractivity contribution in [2.45, 2.75) is 32.7 Å². The molecule has 0 fully saturated rings. The Kier molecular flexibility index (Phi) is 7.12. The van der Waals surface area contributed by atoms with Crippen LogP contribution >= 0.6 is 11.3 Å². The van der Waals surface area contributed by atoms with Crippen molar-refractivity contribution >= 4 is 23.3 Å². The average Bonchev–Trinajstić information content (AvgIpc) is 3.16. The second-order valence-electron chi connectivity index (χ2n) is 6.90. The molecule has 31 heavy (non-hydrogen) atoms. The van der Waals surface area contributed by atoms with Gasteiger partial charge in [-0.2, -0.15) is 13.2 Å². The first kappa shape index (κ1) is 22.6. The Morgan fingerprint density at radius 3 is 2.61 bits per heavy atom. The molecule has 0 saturated heterocycles. The van der Waals surface area contributed by atoms with Crippen LogP contribution in [0.15, 0.2) is 60.0 Å². The number of nitrogens with zero attached hydrogens (tertiary/aromatic N) is 1. The number of halogens is 3. The molecule has 4 nitrogen and oxygen atoms in total. The maximum Gasteiger partial charge on any atom is 0.416 e. The van der Waals surface area contributed by atoms with Crippen LogP contribution in [0.25, 0.3) is 6.08 Å². The highest BCUT2D eigenvalue weighted by molar-refractivity contribution is 7.09. The van der Waals surface area contributed by atoms with E-state index in [0.29, 0.717) is 17.9 Å². The lowest BCUT2D eigenvalue weighted by Crippen LogP contribution is -2.24. The second kappa shape index (κ2) is 9.78. The van der Waals surface area contributed by atoms with Gasteiger partial charge in [-0.3, -0.25) is 4.79 Å². The Bertz CT molecular complexity index is 1060. The molecule has 0 saturated carbocycles. The lowest BCUT2D eigenvalue weighted by Gasteiger charge is -2.15. The molecule has 1 atom stereocenters. The van der Waals surface area contributed by atoms with Crippen LogP contribution in [0.1, 0.15) is 40.4 Å². The van der Waals surface area contributed by atoms with Crippen molar-refractivity contribution in [3.63, 3.8) is 0 Å². The third-order valence-corrected chi connectivity index (χ3v) is 5.26. The number of hydrogen-bond acceptors (Lipinski definition) is 4. The zero-order valence-electron chi connectivity index (χ0n) is 16.9. The van der Waals surface area contributed by atoms with Gasteiger partial charge < -0.3 is 10.1 Å². The molecule has 1 unspecified atom stereocenters. The zero-order valence-corrected chi connectivity index (χ0v) is 17.8. The monoisotopic (exact) mass is 446 g/mol. The zero-order chi connectivity index (χ0) is 22.4. The number of aryl methyl sites for hydroxylation is 1. The van der Waals surface area contributed by atoms with Gasteiger partial charge in [-0.15, -0.1) is 11.3 Å². The van der Waals surface area contributed by atoms with Gasteiger partial charge in [0.1, 0.15) is 12.4 Å². The van der Waals surface area contributed by atoms with Crippen molar-refractivity contribution in [3.05, 3.63) is 87.4 Å². The number of ether oxygens (including phenoxy) is 1. The Balaban J connectivity index is 1.53. The number of carbonyl (C=O) groups excluding carboxylic acids is 1. The third-order valence-electron chi connectivity index (χ3n) is 4.43. The number of benzene rings is 2. The van der Waals surface area contributed by atoms with Crippen LogP contribution in [0.4, 0.5) is 13.2 Å². The second-order valence-corrected chi connectivity index (χ2v) is 7.96. The van der Waals surface area contributed by atoms with Gasteiger partial charge in [-0.05, 0) is 55.3 Å². The predicted molar refractivity (Wildman–Crippen MR) is 115 cm³/mol. The minimum Gasteiger partial charge on any atom is -0.487 e. The first-order chi connectivity index (χ1) is 14.7. The van der Waals surface area contributed by atoms with Gasteiger partial charge >= 0.3 is 6.18 Å². The SMILES string of the molecule is Cc1nc(COc2ccc(/C=C/C(=O)NC(C)c3cccc(C(F)(F)F)c3)cc2)cs1. The quantitative estimate of drug-likeness (QED) is 0.457. The summed E-state index contributed by atoms with van der Waals surface area (Å²) >= 11 is 1.57. The molecular weight excluding hydrogens is 425 g/mol. The van der Waals surface area contributed by atoms with Crippen molar-refractivity contribution in [2.75, 3.05) is 0 Å². The summed E-state index contributed by atoms with van der Waals surface area (Å²) < 4.78 is 44.3. The lowest BCUT2D eigenvalue weighted by molar-refractivity contribution is -0.137. The summed E-state index contributed by atoms with van der Waals surface area (Å²) in [6.07, 6.45) is -1.45. The molecule has 3 rings (SSSR count). The van der Waals surface area contributed by atoms with Crippen LogP contribution in [0.5, 0.6) is 5.75 Å². The first-order valence-electron chi connectivity index (χ1n) is 9.50. The number of alkyl halides is 3. The molecule has 162 valence electrons. The molecule has 0 radical (unpaired) electrons. The Hall–Kier alpha value is -3.13. The number of carbonyl (C=O) groups is 1. The number of thiazole rings is 1. The summed E-state index contributed by atoms with van der Waals surface area (Å²) in [7, 11) is 0. The van der Waals surface area contributed by atoms with Crippen LogP contribution in [-0.2, 0) is 17.6 Å². The van der Waals surface area contributed by atoms with Crippen LogP contribution in [-0.4, -0.2) is 10.9 Å². The minimum atomic E-state index is -4.42. The molecule has 1 N–H and O–H groups in total. The highest BCUT2D eigenvalue weighted by Crippen LogP contribution is 2.30. The minimum absolute atomic E-state index is 0.383. The van der Waals surface area contributed by atoms with Gasteiger partial charge in [0, 0.05) is 11.5 Å². The van der Waals surface area contributed by atoms with Gasteiger partial charge in [-0.1, -0.05) is 24.3 Å². The molecule has 0 aliphatic heterocycles. The van der Waals surface area contributed by atoms with E-state index in [-0.39, 0.29) is 0 Å². The summed E-state index contributed by atoms with van der Waals surface area (Å²) in [5.41, 5.74) is 1.30. The fraction of sp³-hybridized carbons (Fsp3) is 0.217. The van der Waals surface area contributed by atoms with Gasteiger partial charge in [0.15, 0.2) is 0 Å². The molecule has 0 aliphatic carbocycles. The van der Waals surface area contributed by atoms with E-state index in [1.54, 1.807) is 42.5 Å². The topological polar surface area (TPSA) is 51.2 Å². The maximum atomic E-state index is 12.9. The number of nitrogens with one attached hydrogen (secondary N) is 1. The Morgan fingerprint density at radius 2 is 1.97 bits per heavy atom. The lowest BCUT2D eigenvalue weighted by atomic mass is 10.0. The van der Waals surface area contributed by atoms with Crippen LogP contribution in [0.2, 0.25) is 0 Å². The average molecular weight is 446 g/mol. The molecule has 0 aliphatic rings. The third kappa shape index (κ3) is 6.68. The van der Waals surface area contributed by atoms with E-state index in [1.807, 2.05) is 24.4 Å². The summed E-state index contributed by atoms with van der Waals surface area (Å²) in [4.78, 5) is 16.5. The fourth-order valence-corrected chi connectivity index (χ4v) is 3.41. The molecular formula is C23H21F3N2O2S. The predicted octanol–water partition coefficient (Wildman–Crippen LogP) is 5.94. The van der Waals surface area contributed by atoms with Crippen molar-refractivity contribution in [1.29, 1.82) is 0 Å².